The van der Waals surface area contributed by atoms with Crippen molar-refractivity contribution in [1.82, 2.24) is 15.1 Å². The number of nitrogens with zero attached hydrogens (tertiary/aromatic N) is 2. The van der Waals surface area contributed by atoms with Gasteiger partial charge >= 0.3 is 0 Å². The average molecular weight is 285 g/mol. The molecule has 0 fully saturated rings. The first kappa shape index (κ1) is 14.1. The smallest absolute Gasteiger partial charge is 0.120 e. The van der Waals surface area contributed by atoms with E-state index < -0.39 is 0 Å². The lowest BCUT2D eigenvalue weighted by Crippen LogP contribution is -2.21. The van der Waals surface area contributed by atoms with Crippen molar-refractivity contribution >= 4 is 0 Å². The van der Waals surface area contributed by atoms with E-state index in [4.69, 9.17) is 4.74 Å². The van der Waals surface area contributed by atoms with Crippen LogP contribution in [0.3, 0.4) is 0 Å². The third-order valence-electron chi connectivity index (χ3n) is 4.20. The van der Waals surface area contributed by atoms with Gasteiger partial charge in [0.1, 0.15) is 12.4 Å². The molecule has 4 nitrogen and oxygen atoms in total. The predicted molar refractivity (Wildman–Crippen MR) is 83.4 cm³/mol. The topological polar surface area (TPSA) is 39.1 Å². The second-order valence-electron chi connectivity index (χ2n) is 5.59. The van der Waals surface area contributed by atoms with Crippen molar-refractivity contribution in [2.45, 2.75) is 45.4 Å². The lowest BCUT2D eigenvalue weighted by molar-refractivity contribution is 0.305. The number of benzene rings is 1. The number of rotatable bonds is 5. The molecule has 1 aromatic heterocycles. The minimum absolute atomic E-state index is 0.458. The molecule has 1 N–H and O–H groups in total. The summed E-state index contributed by atoms with van der Waals surface area (Å²) in [5.41, 5.74) is 3.96. The van der Waals surface area contributed by atoms with Gasteiger partial charge in [0, 0.05) is 24.3 Å². The molecule has 112 valence electrons. The van der Waals surface area contributed by atoms with Gasteiger partial charge in [-0.05, 0) is 56.5 Å². The normalized spacial score (nSPS) is 17.5. The molecule has 2 aromatic rings. The van der Waals surface area contributed by atoms with Crippen molar-refractivity contribution in [2.24, 2.45) is 0 Å². The molecular formula is C17H23N3O. The van der Waals surface area contributed by atoms with Crippen LogP contribution in [0, 0.1) is 0 Å². The minimum atomic E-state index is 0.458. The molecular weight excluding hydrogens is 262 g/mol. The molecule has 1 heterocycles. The largest absolute Gasteiger partial charge is 0.489 e. The Bertz CT molecular complexity index is 606. The van der Waals surface area contributed by atoms with Crippen molar-refractivity contribution in [3.8, 4) is 5.75 Å². The van der Waals surface area contributed by atoms with Gasteiger partial charge in [-0.2, -0.15) is 5.10 Å². The van der Waals surface area contributed by atoms with E-state index in [2.05, 4.69) is 35.5 Å². The van der Waals surface area contributed by atoms with E-state index in [9.17, 15) is 0 Å². The number of hydrogen-bond acceptors (Lipinski definition) is 3. The van der Waals surface area contributed by atoms with Crippen LogP contribution in [0.4, 0.5) is 0 Å². The number of nitrogens with one attached hydrogen (secondary N) is 1. The molecule has 1 atom stereocenters. The molecule has 0 bridgehead atoms. The van der Waals surface area contributed by atoms with Crippen molar-refractivity contribution in [1.29, 1.82) is 0 Å². The second kappa shape index (κ2) is 6.31. The molecule has 1 aliphatic rings. The highest BCUT2D eigenvalue weighted by Crippen LogP contribution is 2.32. The molecule has 3 rings (SSSR count). The molecule has 0 radical (unpaired) electrons. The van der Waals surface area contributed by atoms with Crippen LogP contribution in [0.1, 0.15) is 42.5 Å². The Hall–Kier alpha value is -1.81. The number of ether oxygens (including phenoxy) is 1. The fourth-order valence-electron chi connectivity index (χ4n) is 2.99. The molecule has 0 saturated carbocycles. The van der Waals surface area contributed by atoms with Gasteiger partial charge in [-0.3, -0.25) is 4.68 Å². The van der Waals surface area contributed by atoms with Crippen LogP contribution >= 0.6 is 0 Å². The summed E-state index contributed by atoms with van der Waals surface area (Å²) in [5, 5.41) is 7.67. The van der Waals surface area contributed by atoms with Crippen molar-refractivity contribution < 1.29 is 4.74 Å². The molecule has 4 heteroatoms. The predicted octanol–water partition coefficient (Wildman–Crippen LogP) is 3.08. The number of aryl methyl sites for hydroxylation is 2. The maximum absolute atomic E-state index is 5.93. The number of hydrogen-bond donors (Lipinski definition) is 1. The Morgan fingerprint density at radius 2 is 2.33 bits per heavy atom. The summed E-state index contributed by atoms with van der Waals surface area (Å²) >= 11 is 0. The SMILES string of the molecule is CCn1cc(COc2ccc3c(c2)C(NC)CCC3)cn1. The second-order valence-corrected chi connectivity index (χ2v) is 5.59. The first-order chi connectivity index (χ1) is 10.3. The Morgan fingerprint density at radius 3 is 3.10 bits per heavy atom. The first-order valence-corrected chi connectivity index (χ1v) is 7.74. The lowest BCUT2D eigenvalue weighted by Gasteiger charge is -2.25. The van der Waals surface area contributed by atoms with Gasteiger partial charge in [-0.15, -0.1) is 0 Å². The van der Waals surface area contributed by atoms with Gasteiger partial charge < -0.3 is 10.1 Å². The lowest BCUT2D eigenvalue weighted by atomic mass is 9.87. The van der Waals surface area contributed by atoms with Crippen LogP contribution in [0.25, 0.3) is 0 Å². The van der Waals surface area contributed by atoms with Gasteiger partial charge in [0.25, 0.3) is 0 Å². The molecule has 0 saturated heterocycles. The summed E-state index contributed by atoms with van der Waals surface area (Å²) in [6.45, 7) is 3.55. The molecule has 0 spiro atoms. The van der Waals surface area contributed by atoms with Gasteiger partial charge in [0.05, 0.1) is 6.20 Å². The summed E-state index contributed by atoms with van der Waals surface area (Å²) in [6, 6.07) is 6.95. The summed E-state index contributed by atoms with van der Waals surface area (Å²) in [6.07, 6.45) is 7.55. The van der Waals surface area contributed by atoms with Gasteiger partial charge in [-0.1, -0.05) is 6.07 Å². The summed E-state index contributed by atoms with van der Waals surface area (Å²) in [5.74, 6) is 0.945. The van der Waals surface area contributed by atoms with E-state index >= 15 is 0 Å². The quantitative estimate of drug-likeness (QED) is 0.917. The minimum Gasteiger partial charge on any atom is -0.489 e. The van der Waals surface area contributed by atoms with Crippen LogP contribution in [0.2, 0.25) is 0 Å². The van der Waals surface area contributed by atoms with Crippen molar-refractivity contribution in [3.63, 3.8) is 0 Å². The number of fused-ring (bicyclic) bond motifs is 1. The van der Waals surface area contributed by atoms with Gasteiger partial charge in [0.15, 0.2) is 0 Å². The standard InChI is InChI=1S/C17H23N3O/c1-3-20-11-13(10-19-20)12-21-15-8-7-14-5-4-6-17(18-2)16(14)9-15/h7-11,17-18H,3-6,12H2,1-2H3. The Morgan fingerprint density at radius 1 is 1.43 bits per heavy atom. The average Bonchev–Trinajstić information content (AvgIpc) is 3.00. The molecule has 0 amide bonds. The van der Waals surface area contributed by atoms with E-state index in [1.807, 2.05) is 24.1 Å². The maximum Gasteiger partial charge on any atom is 0.120 e. The van der Waals surface area contributed by atoms with Crippen molar-refractivity contribution in [3.05, 3.63) is 47.3 Å². The summed E-state index contributed by atoms with van der Waals surface area (Å²) < 4.78 is 7.85. The fraction of sp³-hybridized carbons (Fsp3) is 0.471. The van der Waals surface area contributed by atoms with E-state index in [0.29, 0.717) is 12.6 Å². The summed E-state index contributed by atoms with van der Waals surface area (Å²) in [7, 11) is 2.03. The van der Waals surface area contributed by atoms with Gasteiger partial charge in [0.2, 0.25) is 0 Å². The summed E-state index contributed by atoms with van der Waals surface area (Å²) in [4.78, 5) is 0. The highest BCUT2D eigenvalue weighted by molar-refractivity contribution is 5.39. The first-order valence-electron chi connectivity index (χ1n) is 7.74. The molecule has 0 aliphatic heterocycles. The Balaban J connectivity index is 1.71. The maximum atomic E-state index is 5.93. The van der Waals surface area contributed by atoms with E-state index in [0.717, 1.165) is 17.9 Å². The van der Waals surface area contributed by atoms with E-state index in [-0.39, 0.29) is 0 Å². The zero-order valence-electron chi connectivity index (χ0n) is 12.8. The third-order valence-corrected chi connectivity index (χ3v) is 4.20. The van der Waals surface area contributed by atoms with Crippen LogP contribution < -0.4 is 10.1 Å². The van der Waals surface area contributed by atoms with E-state index in [1.54, 1.807) is 0 Å². The third kappa shape index (κ3) is 3.10. The molecule has 1 aromatic carbocycles. The zero-order valence-corrected chi connectivity index (χ0v) is 12.8. The molecule has 21 heavy (non-hydrogen) atoms. The Labute approximate surface area is 126 Å². The highest BCUT2D eigenvalue weighted by Gasteiger charge is 2.19. The van der Waals surface area contributed by atoms with Crippen LogP contribution in [0.15, 0.2) is 30.6 Å². The monoisotopic (exact) mass is 285 g/mol. The molecule has 1 unspecified atom stereocenters. The van der Waals surface area contributed by atoms with Crippen LogP contribution in [-0.4, -0.2) is 16.8 Å². The van der Waals surface area contributed by atoms with E-state index in [1.165, 1.54) is 30.4 Å². The van der Waals surface area contributed by atoms with Crippen LogP contribution in [0.5, 0.6) is 5.75 Å². The highest BCUT2D eigenvalue weighted by atomic mass is 16.5. The molecule has 1 aliphatic carbocycles. The fourth-order valence-corrected chi connectivity index (χ4v) is 2.99. The Kier molecular flexibility index (Phi) is 4.25. The van der Waals surface area contributed by atoms with Crippen LogP contribution in [-0.2, 0) is 19.6 Å². The van der Waals surface area contributed by atoms with Crippen molar-refractivity contribution in [2.75, 3.05) is 7.05 Å². The van der Waals surface area contributed by atoms with Gasteiger partial charge in [-0.25, -0.2) is 0 Å². The zero-order chi connectivity index (χ0) is 14.7. The number of aromatic nitrogens is 2.